The second-order valence-electron chi connectivity index (χ2n) is 9.93. The minimum atomic E-state index is -0.267. The van der Waals surface area contributed by atoms with E-state index < -0.39 is 0 Å². The van der Waals surface area contributed by atoms with Crippen LogP contribution in [0.15, 0.2) is 54.6 Å². The van der Waals surface area contributed by atoms with Crippen LogP contribution in [-0.4, -0.2) is 43.0 Å². The summed E-state index contributed by atoms with van der Waals surface area (Å²) in [6.07, 6.45) is 1.69. The third-order valence-corrected chi connectivity index (χ3v) is 5.64. The highest BCUT2D eigenvalue weighted by atomic mass is 16.2. The average molecular weight is 437 g/mol. The molecule has 2 aromatic carbocycles. The highest BCUT2D eigenvalue weighted by molar-refractivity contribution is 5.99. The average Bonchev–Trinajstić information content (AvgIpc) is 2.73. The Kier molecular flexibility index (Phi) is 7.78. The molecular formula is C26H36N4O2. The van der Waals surface area contributed by atoms with E-state index in [1.807, 2.05) is 59.5 Å². The fourth-order valence-corrected chi connectivity index (χ4v) is 4.33. The normalized spacial score (nSPS) is 15.2. The Balaban J connectivity index is 1.45. The highest BCUT2D eigenvalue weighted by Crippen LogP contribution is 2.27. The predicted octanol–water partition coefficient (Wildman–Crippen LogP) is 5.44. The van der Waals surface area contributed by atoms with Gasteiger partial charge < -0.3 is 20.4 Å². The Morgan fingerprint density at radius 2 is 1.44 bits per heavy atom. The fraction of sp³-hybridized carbons (Fsp3) is 0.462. The van der Waals surface area contributed by atoms with Crippen molar-refractivity contribution < 1.29 is 9.59 Å². The number of benzene rings is 2. The number of carbonyl (C=O) groups excluding carboxylic acids is 2. The van der Waals surface area contributed by atoms with E-state index >= 15 is 0 Å². The number of piperazine rings is 1. The lowest BCUT2D eigenvalue weighted by molar-refractivity contribution is -0.132. The Hall–Kier alpha value is -3.02. The minimum absolute atomic E-state index is 0.252. The van der Waals surface area contributed by atoms with Crippen LogP contribution in [0.4, 0.5) is 21.9 Å². The zero-order valence-electron chi connectivity index (χ0n) is 19.7. The van der Waals surface area contributed by atoms with Gasteiger partial charge in [0.2, 0.25) is 5.91 Å². The lowest BCUT2D eigenvalue weighted by Crippen LogP contribution is -2.49. The number of urea groups is 1. The molecule has 1 fully saturated rings. The van der Waals surface area contributed by atoms with Gasteiger partial charge >= 0.3 is 6.03 Å². The maximum Gasteiger partial charge on any atom is 0.323 e. The Bertz CT molecular complexity index is 882. The van der Waals surface area contributed by atoms with Gasteiger partial charge in [-0.25, -0.2) is 4.79 Å². The molecule has 6 heteroatoms. The van der Waals surface area contributed by atoms with E-state index in [1.165, 1.54) is 0 Å². The summed E-state index contributed by atoms with van der Waals surface area (Å²) in [5.74, 6) is 0.671. The Morgan fingerprint density at radius 1 is 0.875 bits per heavy atom. The van der Waals surface area contributed by atoms with Gasteiger partial charge in [-0.15, -0.1) is 0 Å². The van der Waals surface area contributed by atoms with E-state index in [-0.39, 0.29) is 17.4 Å². The number of hydrogen-bond donors (Lipinski definition) is 2. The van der Waals surface area contributed by atoms with Crippen LogP contribution in [0, 0.1) is 11.3 Å². The molecule has 0 aliphatic carbocycles. The summed E-state index contributed by atoms with van der Waals surface area (Å²) in [5.41, 5.74) is 2.85. The van der Waals surface area contributed by atoms with Gasteiger partial charge in [0, 0.05) is 49.7 Å². The number of rotatable bonds is 6. The molecule has 1 atom stereocenters. The van der Waals surface area contributed by atoms with Crippen LogP contribution in [0.5, 0.6) is 0 Å². The number of hydrogen-bond acceptors (Lipinski definition) is 3. The minimum Gasteiger partial charge on any atom is -0.368 e. The predicted molar refractivity (Wildman–Crippen MR) is 132 cm³/mol. The van der Waals surface area contributed by atoms with E-state index in [0.717, 1.165) is 49.7 Å². The molecule has 0 bridgehead atoms. The molecule has 3 rings (SSSR count). The first-order valence-corrected chi connectivity index (χ1v) is 11.5. The lowest BCUT2D eigenvalue weighted by atomic mass is 9.84. The second-order valence-corrected chi connectivity index (χ2v) is 9.93. The van der Waals surface area contributed by atoms with Crippen molar-refractivity contribution in [3.8, 4) is 0 Å². The van der Waals surface area contributed by atoms with E-state index in [1.54, 1.807) is 0 Å². The monoisotopic (exact) mass is 436 g/mol. The molecule has 0 aromatic heterocycles. The van der Waals surface area contributed by atoms with E-state index in [9.17, 15) is 9.59 Å². The topological polar surface area (TPSA) is 64.7 Å². The van der Waals surface area contributed by atoms with Gasteiger partial charge in [0.1, 0.15) is 0 Å². The maximum absolute atomic E-state index is 12.7. The van der Waals surface area contributed by atoms with Gasteiger partial charge in [0.15, 0.2) is 0 Å². The highest BCUT2D eigenvalue weighted by Gasteiger charge is 2.24. The molecule has 1 unspecified atom stereocenters. The number of amides is 3. The zero-order valence-corrected chi connectivity index (χ0v) is 19.7. The van der Waals surface area contributed by atoms with Crippen molar-refractivity contribution in [1.29, 1.82) is 0 Å². The number of carbonyl (C=O) groups is 2. The van der Waals surface area contributed by atoms with Crippen molar-refractivity contribution in [1.82, 2.24) is 4.90 Å². The first kappa shape index (κ1) is 23.6. The first-order chi connectivity index (χ1) is 15.2. The van der Waals surface area contributed by atoms with Crippen LogP contribution in [0.2, 0.25) is 0 Å². The SMILES string of the molecule is CC(CC(=O)N1CCN(c2ccc(NC(=O)Nc3ccccc3)cc2)CC1)CC(C)(C)C. The molecular weight excluding hydrogens is 400 g/mol. The zero-order chi connectivity index (χ0) is 23.1. The second kappa shape index (κ2) is 10.5. The van der Waals surface area contributed by atoms with Gasteiger partial charge in [-0.2, -0.15) is 0 Å². The lowest BCUT2D eigenvalue weighted by Gasteiger charge is -2.37. The summed E-state index contributed by atoms with van der Waals surface area (Å²) in [7, 11) is 0. The standard InChI is InChI=1S/C26H36N4O2/c1-20(19-26(2,3)4)18-24(31)30-16-14-29(15-17-30)23-12-10-22(11-13-23)28-25(32)27-21-8-6-5-7-9-21/h5-13,20H,14-19H2,1-4H3,(H2,27,28,32). The summed E-state index contributed by atoms with van der Waals surface area (Å²) in [6.45, 7) is 12.0. The fourth-order valence-electron chi connectivity index (χ4n) is 4.33. The van der Waals surface area contributed by atoms with Crippen molar-refractivity contribution in [3.05, 3.63) is 54.6 Å². The molecule has 0 spiro atoms. The molecule has 0 radical (unpaired) electrons. The molecule has 1 aliphatic rings. The number of anilines is 3. The van der Waals surface area contributed by atoms with Crippen LogP contribution in [0.3, 0.4) is 0 Å². The summed E-state index contributed by atoms with van der Waals surface area (Å²) < 4.78 is 0. The molecule has 1 aliphatic heterocycles. The van der Waals surface area contributed by atoms with Crippen molar-refractivity contribution >= 4 is 29.0 Å². The van der Waals surface area contributed by atoms with Crippen molar-refractivity contribution in [2.75, 3.05) is 41.7 Å². The molecule has 0 saturated carbocycles. The van der Waals surface area contributed by atoms with Gasteiger partial charge in [-0.3, -0.25) is 4.79 Å². The molecule has 2 aromatic rings. The third kappa shape index (κ3) is 7.29. The molecule has 1 heterocycles. The summed E-state index contributed by atoms with van der Waals surface area (Å²) in [4.78, 5) is 29.1. The Labute approximate surface area is 192 Å². The molecule has 1 saturated heterocycles. The summed E-state index contributed by atoms with van der Waals surface area (Å²) in [6, 6.07) is 16.9. The molecule has 2 N–H and O–H groups in total. The van der Waals surface area contributed by atoms with Crippen molar-refractivity contribution in [3.63, 3.8) is 0 Å². The van der Waals surface area contributed by atoms with Crippen LogP contribution in [-0.2, 0) is 4.79 Å². The van der Waals surface area contributed by atoms with Crippen LogP contribution < -0.4 is 15.5 Å². The molecule has 32 heavy (non-hydrogen) atoms. The largest absolute Gasteiger partial charge is 0.368 e. The quantitative estimate of drug-likeness (QED) is 0.634. The van der Waals surface area contributed by atoms with E-state index in [4.69, 9.17) is 0 Å². The van der Waals surface area contributed by atoms with Gasteiger partial charge in [-0.1, -0.05) is 45.9 Å². The first-order valence-electron chi connectivity index (χ1n) is 11.5. The van der Waals surface area contributed by atoms with Crippen LogP contribution in [0.1, 0.15) is 40.5 Å². The summed E-state index contributed by atoms with van der Waals surface area (Å²) in [5, 5.41) is 5.67. The maximum atomic E-state index is 12.7. The van der Waals surface area contributed by atoms with Crippen molar-refractivity contribution in [2.45, 2.75) is 40.5 Å². The smallest absolute Gasteiger partial charge is 0.323 e. The van der Waals surface area contributed by atoms with Gasteiger partial charge in [0.05, 0.1) is 0 Å². The van der Waals surface area contributed by atoms with E-state index in [2.05, 4.69) is 43.2 Å². The van der Waals surface area contributed by atoms with Crippen LogP contribution in [0.25, 0.3) is 0 Å². The molecule has 3 amide bonds. The van der Waals surface area contributed by atoms with Crippen molar-refractivity contribution in [2.24, 2.45) is 11.3 Å². The third-order valence-electron chi connectivity index (χ3n) is 5.64. The number of para-hydroxylation sites is 1. The molecule has 6 nitrogen and oxygen atoms in total. The Morgan fingerprint density at radius 3 is 2.00 bits per heavy atom. The number of nitrogens with one attached hydrogen (secondary N) is 2. The van der Waals surface area contributed by atoms with E-state index in [0.29, 0.717) is 12.3 Å². The van der Waals surface area contributed by atoms with Gasteiger partial charge in [0.25, 0.3) is 0 Å². The molecule has 172 valence electrons. The van der Waals surface area contributed by atoms with Crippen LogP contribution >= 0.6 is 0 Å². The summed E-state index contributed by atoms with van der Waals surface area (Å²) >= 11 is 0. The van der Waals surface area contributed by atoms with Gasteiger partial charge in [-0.05, 0) is 54.2 Å². The number of nitrogens with zero attached hydrogens (tertiary/aromatic N) is 2.